The highest BCUT2D eigenvalue weighted by molar-refractivity contribution is 5.76. The number of carbonyl (C=O) groups is 1. The van der Waals surface area contributed by atoms with Crippen molar-refractivity contribution in [1.29, 1.82) is 0 Å². The number of nitrogens with one attached hydrogen (secondary N) is 1. The van der Waals surface area contributed by atoms with Crippen molar-refractivity contribution in [2.24, 2.45) is 0 Å². The van der Waals surface area contributed by atoms with E-state index in [1.807, 2.05) is 24.3 Å². The predicted octanol–water partition coefficient (Wildman–Crippen LogP) is 3.11. The van der Waals surface area contributed by atoms with Gasteiger partial charge in [0, 0.05) is 13.0 Å². The van der Waals surface area contributed by atoms with Gasteiger partial charge in [0.2, 0.25) is 5.91 Å². The van der Waals surface area contributed by atoms with Gasteiger partial charge in [-0.2, -0.15) is 0 Å². The summed E-state index contributed by atoms with van der Waals surface area (Å²) in [6.07, 6.45) is 2.69. The molecule has 0 saturated carbocycles. The Bertz CT molecular complexity index is 359. The first kappa shape index (κ1) is 14.6. The zero-order chi connectivity index (χ0) is 13.4. The smallest absolute Gasteiger partial charge is 0.220 e. The Hall–Kier alpha value is -1.51. The first-order chi connectivity index (χ1) is 8.67. The Balaban J connectivity index is 2.43. The van der Waals surface area contributed by atoms with E-state index in [9.17, 15) is 4.79 Å². The molecule has 3 nitrogen and oxygen atoms in total. The summed E-state index contributed by atoms with van der Waals surface area (Å²) in [5.74, 6) is 1.21. The van der Waals surface area contributed by atoms with Gasteiger partial charge in [-0.05, 0) is 30.0 Å². The highest BCUT2D eigenvalue weighted by atomic mass is 16.5. The van der Waals surface area contributed by atoms with Crippen LogP contribution in [0.15, 0.2) is 24.3 Å². The molecule has 0 spiro atoms. The number of benzene rings is 1. The van der Waals surface area contributed by atoms with Gasteiger partial charge < -0.3 is 10.1 Å². The summed E-state index contributed by atoms with van der Waals surface area (Å²) in [5, 5.41) is 2.94. The Morgan fingerprint density at radius 1 is 1.33 bits per heavy atom. The van der Waals surface area contributed by atoms with Crippen molar-refractivity contribution < 1.29 is 9.53 Å². The molecule has 1 unspecified atom stereocenters. The minimum Gasteiger partial charge on any atom is -0.497 e. The third-order valence-corrected chi connectivity index (χ3v) is 3.03. The first-order valence-electron chi connectivity index (χ1n) is 6.58. The second kappa shape index (κ2) is 7.75. The fourth-order valence-electron chi connectivity index (χ4n) is 1.81. The van der Waals surface area contributed by atoms with Gasteiger partial charge in [0.1, 0.15) is 5.75 Å². The Labute approximate surface area is 110 Å². The highest BCUT2D eigenvalue weighted by Crippen LogP contribution is 2.21. The van der Waals surface area contributed by atoms with Crippen LogP contribution in [-0.4, -0.2) is 19.6 Å². The standard InChI is InChI=1S/C15H23NO2/c1-4-5-10-16-15(17)11-12(2)13-6-8-14(18-3)9-7-13/h6-9,12H,4-5,10-11H2,1-3H3,(H,16,17). The molecule has 0 radical (unpaired) electrons. The lowest BCUT2D eigenvalue weighted by atomic mass is 9.97. The lowest BCUT2D eigenvalue weighted by Crippen LogP contribution is -2.25. The van der Waals surface area contributed by atoms with E-state index in [-0.39, 0.29) is 11.8 Å². The molecule has 0 aliphatic rings. The van der Waals surface area contributed by atoms with Crippen LogP contribution in [0.1, 0.15) is 44.6 Å². The summed E-state index contributed by atoms with van der Waals surface area (Å²) in [4.78, 5) is 11.7. The summed E-state index contributed by atoms with van der Waals surface area (Å²) in [7, 11) is 1.65. The average molecular weight is 249 g/mol. The third kappa shape index (κ3) is 4.78. The summed E-state index contributed by atoms with van der Waals surface area (Å²) < 4.78 is 5.12. The molecule has 0 saturated heterocycles. The molecule has 0 aliphatic heterocycles. The minimum atomic E-state index is 0.131. The molecule has 0 bridgehead atoms. The molecular weight excluding hydrogens is 226 g/mol. The second-order valence-electron chi connectivity index (χ2n) is 4.58. The maximum atomic E-state index is 11.7. The number of rotatable bonds is 7. The molecule has 100 valence electrons. The normalized spacial score (nSPS) is 11.9. The molecule has 1 aromatic rings. The van der Waals surface area contributed by atoms with Gasteiger partial charge in [-0.15, -0.1) is 0 Å². The Kier molecular flexibility index (Phi) is 6.26. The SMILES string of the molecule is CCCCNC(=O)CC(C)c1ccc(OC)cc1. The molecule has 0 aliphatic carbocycles. The lowest BCUT2D eigenvalue weighted by molar-refractivity contribution is -0.121. The van der Waals surface area contributed by atoms with Crippen LogP contribution in [0.2, 0.25) is 0 Å². The van der Waals surface area contributed by atoms with Crippen molar-refractivity contribution in [3.8, 4) is 5.75 Å². The minimum absolute atomic E-state index is 0.131. The van der Waals surface area contributed by atoms with E-state index in [0.717, 1.165) is 25.1 Å². The molecule has 1 amide bonds. The van der Waals surface area contributed by atoms with E-state index in [1.54, 1.807) is 7.11 Å². The third-order valence-electron chi connectivity index (χ3n) is 3.03. The van der Waals surface area contributed by atoms with E-state index < -0.39 is 0 Å². The number of amides is 1. The molecule has 1 N–H and O–H groups in total. The predicted molar refractivity (Wildman–Crippen MR) is 73.9 cm³/mol. The zero-order valence-corrected chi connectivity index (χ0v) is 11.5. The molecule has 0 heterocycles. The summed E-state index contributed by atoms with van der Waals surface area (Å²) >= 11 is 0. The fraction of sp³-hybridized carbons (Fsp3) is 0.533. The largest absolute Gasteiger partial charge is 0.497 e. The van der Waals surface area contributed by atoms with Crippen LogP contribution >= 0.6 is 0 Å². The number of methoxy groups -OCH3 is 1. The average Bonchev–Trinajstić information content (AvgIpc) is 2.39. The van der Waals surface area contributed by atoms with E-state index in [4.69, 9.17) is 4.74 Å². The van der Waals surface area contributed by atoms with Crippen LogP contribution in [0.3, 0.4) is 0 Å². The van der Waals surface area contributed by atoms with Gasteiger partial charge in [0.25, 0.3) is 0 Å². The van der Waals surface area contributed by atoms with Gasteiger partial charge in [0.15, 0.2) is 0 Å². The topological polar surface area (TPSA) is 38.3 Å². The summed E-state index contributed by atoms with van der Waals surface area (Å²) in [6.45, 7) is 4.97. The van der Waals surface area contributed by atoms with Crippen molar-refractivity contribution in [3.05, 3.63) is 29.8 Å². The van der Waals surface area contributed by atoms with E-state index in [1.165, 1.54) is 5.56 Å². The number of unbranched alkanes of at least 4 members (excludes halogenated alkanes) is 1. The Morgan fingerprint density at radius 3 is 2.56 bits per heavy atom. The fourth-order valence-corrected chi connectivity index (χ4v) is 1.81. The van der Waals surface area contributed by atoms with Gasteiger partial charge in [-0.1, -0.05) is 32.4 Å². The van der Waals surface area contributed by atoms with Crippen molar-refractivity contribution in [2.75, 3.05) is 13.7 Å². The molecule has 1 atom stereocenters. The van der Waals surface area contributed by atoms with Crippen molar-refractivity contribution in [3.63, 3.8) is 0 Å². The summed E-state index contributed by atoms with van der Waals surface area (Å²) in [5.41, 5.74) is 1.17. The van der Waals surface area contributed by atoms with E-state index in [0.29, 0.717) is 6.42 Å². The van der Waals surface area contributed by atoms with Crippen LogP contribution in [0.4, 0.5) is 0 Å². The van der Waals surface area contributed by atoms with Crippen molar-refractivity contribution in [2.45, 2.75) is 39.0 Å². The zero-order valence-electron chi connectivity index (χ0n) is 11.5. The Morgan fingerprint density at radius 2 is 2.00 bits per heavy atom. The van der Waals surface area contributed by atoms with Crippen molar-refractivity contribution in [1.82, 2.24) is 5.32 Å². The lowest BCUT2D eigenvalue weighted by Gasteiger charge is -2.12. The van der Waals surface area contributed by atoms with Gasteiger partial charge in [0.05, 0.1) is 7.11 Å². The van der Waals surface area contributed by atoms with E-state index in [2.05, 4.69) is 19.2 Å². The molecule has 1 rings (SSSR count). The number of carbonyl (C=O) groups excluding carboxylic acids is 1. The van der Waals surface area contributed by atoms with Gasteiger partial charge >= 0.3 is 0 Å². The first-order valence-corrected chi connectivity index (χ1v) is 6.58. The molecule has 1 aromatic carbocycles. The number of hydrogen-bond donors (Lipinski definition) is 1. The van der Waals surface area contributed by atoms with Crippen LogP contribution < -0.4 is 10.1 Å². The van der Waals surface area contributed by atoms with Crippen LogP contribution in [0.5, 0.6) is 5.75 Å². The molecular formula is C15H23NO2. The molecule has 0 fully saturated rings. The molecule has 0 aromatic heterocycles. The van der Waals surface area contributed by atoms with Crippen molar-refractivity contribution >= 4 is 5.91 Å². The maximum absolute atomic E-state index is 11.7. The van der Waals surface area contributed by atoms with E-state index >= 15 is 0 Å². The number of ether oxygens (including phenoxy) is 1. The van der Waals surface area contributed by atoms with Crippen LogP contribution in [0.25, 0.3) is 0 Å². The second-order valence-corrected chi connectivity index (χ2v) is 4.58. The van der Waals surface area contributed by atoms with Gasteiger partial charge in [-0.3, -0.25) is 4.79 Å². The van der Waals surface area contributed by atoms with Crippen LogP contribution in [0, 0.1) is 0 Å². The quantitative estimate of drug-likeness (QED) is 0.754. The number of hydrogen-bond acceptors (Lipinski definition) is 2. The monoisotopic (exact) mass is 249 g/mol. The highest BCUT2D eigenvalue weighted by Gasteiger charge is 2.10. The van der Waals surface area contributed by atoms with Crippen LogP contribution in [-0.2, 0) is 4.79 Å². The molecule has 18 heavy (non-hydrogen) atoms. The summed E-state index contributed by atoms with van der Waals surface area (Å²) in [6, 6.07) is 7.90. The maximum Gasteiger partial charge on any atom is 0.220 e. The van der Waals surface area contributed by atoms with Gasteiger partial charge in [-0.25, -0.2) is 0 Å². The molecule has 3 heteroatoms.